The molecule has 8 heteroatoms. The van der Waals surface area contributed by atoms with Gasteiger partial charge in [0.25, 0.3) is 0 Å². The van der Waals surface area contributed by atoms with Crippen LogP contribution in [0.3, 0.4) is 0 Å². The van der Waals surface area contributed by atoms with E-state index in [1.165, 1.54) is 6.20 Å². The van der Waals surface area contributed by atoms with Crippen molar-refractivity contribution in [1.29, 1.82) is 0 Å². The maximum atomic E-state index is 12.3. The predicted molar refractivity (Wildman–Crippen MR) is 82.3 cm³/mol. The van der Waals surface area contributed by atoms with Gasteiger partial charge in [-0.25, -0.2) is 4.79 Å². The van der Waals surface area contributed by atoms with Crippen LogP contribution in [0.5, 0.6) is 0 Å². The van der Waals surface area contributed by atoms with Crippen LogP contribution in [0.1, 0.15) is 30.1 Å². The van der Waals surface area contributed by atoms with Gasteiger partial charge in [-0.2, -0.15) is 9.97 Å². The maximum absolute atomic E-state index is 12.3. The number of carboxylic acids is 1. The first-order valence-corrected chi connectivity index (χ1v) is 7.21. The largest absolute Gasteiger partial charge is 0.477 e. The van der Waals surface area contributed by atoms with Gasteiger partial charge in [0.2, 0.25) is 11.4 Å². The fourth-order valence-electron chi connectivity index (χ4n) is 2.74. The van der Waals surface area contributed by atoms with Gasteiger partial charge in [-0.05, 0) is 19.8 Å². The van der Waals surface area contributed by atoms with E-state index in [4.69, 9.17) is 10.8 Å². The van der Waals surface area contributed by atoms with E-state index in [1.807, 2.05) is 11.8 Å². The van der Waals surface area contributed by atoms with Crippen molar-refractivity contribution < 1.29 is 9.90 Å². The monoisotopic (exact) mass is 303 g/mol. The highest BCUT2D eigenvalue weighted by atomic mass is 16.4. The van der Waals surface area contributed by atoms with Crippen LogP contribution in [-0.2, 0) is 6.54 Å². The third-order valence-electron chi connectivity index (χ3n) is 3.89. The van der Waals surface area contributed by atoms with E-state index in [0.717, 1.165) is 25.9 Å². The van der Waals surface area contributed by atoms with Crippen molar-refractivity contribution in [2.75, 3.05) is 23.7 Å². The van der Waals surface area contributed by atoms with Gasteiger partial charge in [-0.15, -0.1) is 0 Å². The Hall–Kier alpha value is -2.64. The highest BCUT2D eigenvalue weighted by Gasteiger charge is 2.21. The number of fused-ring (bicyclic) bond motifs is 1. The number of hydrogen-bond acceptors (Lipinski definition) is 6. The van der Waals surface area contributed by atoms with Gasteiger partial charge in [0, 0.05) is 25.8 Å². The number of aromatic carboxylic acids is 1. The van der Waals surface area contributed by atoms with Crippen LogP contribution in [0.2, 0.25) is 0 Å². The Morgan fingerprint density at radius 3 is 2.64 bits per heavy atom. The first kappa shape index (κ1) is 14.3. The zero-order valence-electron chi connectivity index (χ0n) is 12.2. The van der Waals surface area contributed by atoms with Crippen LogP contribution in [0.15, 0.2) is 11.0 Å². The molecule has 1 fully saturated rings. The van der Waals surface area contributed by atoms with Gasteiger partial charge in [-0.3, -0.25) is 4.79 Å². The number of nitrogens with two attached hydrogens (primary N) is 1. The Labute approximate surface area is 126 Å². The molecule has 1 aliphatic rings. The number of carbonyl (C=O) groups is 1. The summed E-state index contributed by atoms with van der Waals surface area (Å²) in [4.78, 5) is 34.2. The number of anilines is 2. The maximum Gasteiger partial charge on any atom is 0.341 e. The average Bonchev–Trinajstić information content (AvgIpc) is 3.01. The topological polar surface area (TPSA) is 114 Å². The minimum Gasteiger partial charge on any atom is -0.477 e. The Kier molecular flexibility index (Phi) is 3.44. The number of aromatic nitrogens is 3. The highest BCUT2D eigenvalue weighted by Crippen LogP contribution is 2.22. The zero-order valence-corrected chi connectivity index (χ0v) is 12.2. The molecule has 8 nitrogen and oxygen atoms in total. The normalized spacial score (nSPS) is 14.7. The average molecular weight is 303 g/mol. The summed E-state index contributed by atoms with van der Waals surface area (Å²) in [5.74, 6) is -0.758. The number of pyridine rings is 1. The number of rotatable bonds is 3. The fourth-order valence-corrected chi connectivity index (χ4v) is 2.74. The van der Waals surface area contributed by atoms with E-state index >= 15 is 0 Å². The van der Waals surface area contributed by atoms with E-state index in [-0.39, 0.29) is 16.8 Å². The fraction of sp³-hybridized carbons (Fsp3) is 0.429. The van der Waals surface area contributed by atoms with Crippen molar-refractivity contribution in [1.82, 2.24) is 14.5 Å². The summed E-state index contributed by atoms with van der Waals surface area (Å²) >= 11 is 0. The van der Waals surface area contributed by atoms with E-state index < -0.39 is 11.4 Å². The van der Waals surface area contributed by atoms with Crippen molar-refractivity contribution in [3.8, 4) is 0 Å². The molecule has 0 saturated carbocycles. The molecule has 0 amide bonds. The Balaban J connectivity index is 2.31. The summed E-state index contributed by atoms with van der Waals surface area (Å²) in [7, 11) is 0. The minimum atomic E-state index is -1.28. The highest BCUT2D eigenvalue weighted by molar-refractivity contribution is 5.95. The zero-order chi connectivity index (χ0) is 15.9. The van der Waals surface area contributed by atoms with Crippen molar-refractivity contribution in [2.24, 2.45) is 0 Å². The summed E-state index contributed by atoms with van der Waals surface area (Å²) in [6.45, 7) is 4.04. The second kappa shape index (κ2) is 5.28. The van der Waals surface area contributed by atoms with Gasteiger partial charge in [0.15, 0.2) is 5.65 Å². The lowest BCUT2D eigenvalue weighted by Crippen LogP contribution is -2.25. The molecule has 3 heterocycles. The van der Waals surface area contributed by atoms with Crippen LogP contribution in [0.4, 0.5) is 11.8 Å². The molecule has 3 N–H and O–H groups in total. The molecule has 0 unspecified atom stereocenters. The molecular formula is C14H17N5O3. The number of aryl methyl sites for hydroxylation is 1. The summed E-state index contributed by atoms with van der Waals surface area (Å²) in [5.41, 5.74) is 5.35. The van der Waals surface area contributed by atoms with E-state index in [2.05, 4.69) is 9.97 Å². The second-order valence-corrected chi connectivity index (χ2v) is 5.26. The third-order valence-corrected chi connectivity index (χ3v) is 3.89. The van der Waals surface area contributed by atoms with Crippen molar-refractivity contribution >= 4 is 28.8 Å². The number of nitrogens with zero attached hydrogens (tertiary/aromatic N) is 4. The number of hydrogen-bond donors (Lipinski definition) is 2. The molecule has 22 heavy (non-hydrogen) atoms. The van der Waals surface area contributed by atoms with Gasteiger partial charge in [0.1, 0.15) is 16.8 Å². The van der Waals surface area contributed by atoms with E-state index in [9.17, 15) is 9.59 Å². The Morgan fingerprint density at radius 1 is 1.36 bits per heavy atom. The number of carboxylic acid groups (broad SMARTS) is 1. The summed E-state index contributed by atoms with van der Waals surface area (Å²) in [6, 6.07) is 0. The van der Waals surface area contributed by atoms with Gasteiger partial charge in [-0.1, -0.05) is 0 Å². The Morgan fingerprint density at radius 2 is 2.05 bits per heavy atom. The lowest BCUT2D eigenvalue weighted by Gasteiger charge is -2.17. The second-order valence-electron chi connectivity index (χ2n) is 5.26. The smallest absolute Gasteiger partial charge is 0.341 e. The van der Waals surface area contributed by atoms with E-state index in [1.54, 1.807) is 4.57 Å². The third kappa shape index (κ3) is 2.16. The lowest BCUT2D eigenvalue weighted by atomic mass is 10.2. The molecule has 1 saturated heterocycles. The molecule has 3 rings (SSSR count). The summed E-state index contributed by atoms with van der Waals surface area (Å²) < 4.78 is 1.62. The summed E-state index contributed by atoms with van der Waals surface area (Å²) in [6.07, 6.45) is 3.45. The van der Waals surface area contributed by atoms with Crippen LogP contribution < -0.4 is 16.1 Å². The number of nitrogen functional groups attached to an aromatic ring is 1. The molecule has 0 atom stereocenters. The Bertz CT molecular complexity index is 808. The predicted octanol–water partition coefficient (Wildman–Crippen LogP) is 0.692. The van der Waals surface area contributed by atoms with Crippen LogP contribution >= 0.6 is 0 Å². The molecule has 1 aliphatic heterocycles. The first-order valence-electron chi connectivity index (χ1n) is 7.21. The molecule has 0 aliphatic carbocycles. The summed E-state index contributed by atoms with van der Waals surface area (Å²) in [5, 5.41) is 9.23. The molecular weight excluding hydrogens is 286 g/mol. The molecule has 116 valence electrons. The molecule has 0 bridgehead atoms. The van der Waals surface area contributed by atoms with Crippen molar-refractivity contribution in [3.05, 3.63) is 22.0 Å². The van der Waals surface area contributed by atoms with E-state index in [0.29, 0.717) is 18.1 Å². The van der Waals surface area contributed by atoms with Crippen LogP contribution in [-0.4, -0.2) is 38.7 Å². The standard InChI is InChI=1S/C14H17N5O3/c1-2-18-7-8(13(21)22)10(20)9-11(15)16-14(17-12(9)18)19-5-3-4-6-19/h7H,2-6H2,1H3,(H,21,22)(H2,15,16,17). The SMILES string of the molecule is CCn1cc(C(=O)O)c(=O)c2c(N)nc(N3CCCC3)nc21. The lowest BCUT2D eigenvalue weighted by molar-refractivity contribution is 0.0695. The van der Waals surface area contributed by atoms with Gasteiger partial charge >= 0.3 is 5.97 Å². The van der Waals surface area contributed by atoms with Crippen molar-refractivity contribution in [2.45, 2.75) is 26.3 Å². The minimum absolute atomic E-state index is 0.0298. The van der Waals surface area contributed by atoms with Crippen LogP contribution in [0.25, 0.3) is 11.0 Å². The first-order chi connectivity index (χ1) is 10.5. The molecule has 2 aromatic rings. The molecule has 0 aromatic carbocycles. The van der Waals surface area contributed by atoms with Crippen molar-refractivity contribution in [3.63, 3.8) is 0 Å². The molecule has 2 aromatic heterocycles. The van der Waals surface area contributed by atoms with Gasteiger partial charge < -0.3 is 20.3 Å². The molecule has 0 spiro atoms. The van der Waals surface area contributed by atoms with Gasteiger partial charge in [0.05, 0.1) is 0 Å². The molecule has 0 radical (unpaired) electrons. The van der Waals surface area contributed by atoms with Crippen LogP contribution in [0, 0.1) is 0 Å². The quantitative estimate of drug-likeness (QED) is 0.857.